The van der Waals surface area contributed by atoms with Gasteiger partial charge in [-0.05, 0) is 24.1 Å². The molecular weight excluding hydrogens is 374 g/mol. The van der Waals surface area contributed by atoms with Crippen molar-refractivity contribution in [3.63, 3.8) is 0 Å². The molecule has 3 heterocycles. The molecule has 0 unspecified atom stereocenters. The van der Waals surface area contributed by atoms with Crippen molar-refractivity contribution < 1.29 is 0 Å². The number of rotatable bonds is 6. The first-order valence-electron chi connectivity index (χ1n) is 10.4. The summed E-state index contributed by atoms with van der Waals surface area (Å²) in [5.74, 6) is 0. The zero-order valence-electron chi connectivity index (χ0n) is 17.0. The van der Waals surface area contributed by atoms with Gasteiger partial charge in [-0.2, -0.15) is 0 Å². The molecule has 0 radical (unpaired) electrons. The van der Waals surface area contributed by atoms with Crippen LogP contribution in [0.3, 0.4) is 0 Å². The van der Waals surface area contributed by atoms with E-state index < -0.39 is 0 Å². The van der Waals surface area contributed by atoms with Gasteiger partial charge in [0.25, 0.3) is 5.56 Å². The summed E-state index contributed by atoms with van der Waals surface area (Å²) in [6.45, 7) is 3.41. The smallest absolute Gasteiger partial charge is 0.265 e. The van der Waals surface area contributed by atoms with Crippen molar-refractivity contribution >= 4 is 33.2 Å². The average Bonchev–Trinajstić information content (AvgIpc) is 3.08. The van der Waals surface area contributed by atoms with E-state index in [2.05, 4.69) is 19.1 Å². The molecule has 5 rings (SSSR count). The number of unbranched alkanes of at least 4 members (excludes halogenated alkanes) is 2. The van der Waals surface area contributed by atoms with E-state index in [0.29, 0.717) is 35.3 Å². The molecule has 0 aliphatic rings. The van der Waals surface area contributed by atoms with Crippen molar-refractivity contribution in [1.82, 2.24) is 24.1 Å². The third-order valence-corrected chi connectivity index (χ3v) is 5.50. The molecule has 3 aromatic heterocycles. The number of hydrogen-bond acceptors (Lipinski definition) is 4. The zero-order chi connectivity index (χ0) is 20.5. The SMILES string of the molecule is CCCCCn1cnc2c(c1=O)c1nc3ccccc3nc1n2Cc1ccccc1. The van der Waals surface area contributed by atoms with Crippen molar-refractivity contribution in [2.75, 3.05) is 0 Å². The highest BCUT2D eigenvalue weighted by atomic mass is 16.1. The van der Waals surface area contributed by atoms with E-state index in [1.54, 1.807) is 10.9 Å². The Morgan fingerprint density at radius 3 is 2.37 bits per heavy atom. The first-order chi connectivity index (χ1) is 14.8. The molecular formula is C24H23N5O. The molecule has 6 nitrogen and oxygen atoms in total. The van der Waals surface area contributed by atoms with Crippen LogP contribution in [-0.2, 0) is 13.1 Å². The summed E-state index contributed by atoms with van der Waals surface area (Å²) in [6, 6.07) is 17.9. The van der Waals surface area contributed by atoms with Crippen LogP contribution in [0.2, 0.25) is 0 Å². The van der Waals surface area contributed by atoms with Crippen molar-refractivity contribution in [1.29, 1.82) is 0 Å². The van der Waals surface area contributed by atoms with Crippen LogP contribution >= 0.6 is 0 Å². The fourth-order valence-electron chi connectivity index (χ4n) is 3.95. The monoisotopic (exact) mass is 397 g/mol. The van der Waals surface area contributed by atoms with Crippen molar-refractivity contribution in [3.05, 3.63) is 76.8 Å². The number of hydrogen-bond donors (Lipinski definition) is 0. The average molecular weight is 397 g/mol. The topological polar surface area (TPSA) is 65.6 Å². The maximum Gasteiger partial charge on any atom is 0.265 e. The first-order valence-corrected chi connectivity index (χ1v) is 10.4. The molecule has 0 aliphatic heterocycles. The molecule has 0 spiro atoms. The van der Waals surface area contributed by atoms with E-state index in [9.17, 15) is 4.79 Å². The van der Waals surface area contributed by atoms with Gasteiger partial charge in [0.05, 0.1) is 23.9 Å². The molecule has 0 saturated heterocycles. The second-order valence-electron chi connectivity index (χ2n) is 7.61. The Morgan fingerprint density at radius 1 is 0.867 bits per heavy atom. The summed E-state index contributed by atoms with van der Waals surface area (Å²) in [5.41, 5.74) is 4.64. The molecule has 5 aromatic rings. The lowest BCUT2D eigenvalue weighted by atomic mass is 10.2. The highest BCUT2D eigenvalue weighted by Gasteiger charge is 2.19. The van der Waals surface area contributed by atoms with Gasteiger partial charge in [-0.1, -0.05) is 62.2 Å². The zero-order valence-corrected chi connectivity index (χ0v) is 17.0. The van der Waals surface area contributed by atoms with Crippen LogP contribution in [0, 0.1) is 0 Å². The molecule has 2 aromatic carbocycles. The molecule has 0 N–H and O–H groups in total. The number of benzene rings is 2. The number of nitrogens with zero attached hydrogens (tertiary/aromatic N) is 5. The lowest BCUT2D eigenvalue weighted by Crippen LogP contribution is -2.21. The van der Waals surface area contributed by atoms with E-state index in [0.717, 1.165) is 35.9 Å². The summed E-state index contributed by atoms with van der Waals surface area (Å²) in [5, 5.41) is 0.554. The second kappa shape index (κ2) is 7.71. The Kier molecular flexibility index (Phi) is 4.75. The Labute approximate surface area is 173 Å². The predicted molar refractivity (Wildman–Crippen MR) is 120 cm³/mol. The third kappa shape index (κ3) is 3.14. The minimum Gasteiger partial charge on any atom is -0.304 e. The van der Waals surface area contributed by atoms with Gasteiger partial charge in [0.15, 0.2) is 11.3 Å². The van der Waals surface area contributed by atoms with E-state index in [1.165, 1.54) is 0 Å². The lowest BCUT2D eigenvalue weighted by molar-refractivity contribution is 0.583. The first kappa shape index (κ1) is 18.5. The molecule has 0 aliphatic carbocycles. The lowest BCUT2D eigenvalue weighted by Gasteiger charge is -2.07. The Balaban J connectivity index is 1.78. The largest absolute Gasteiger partial charge is 0.304 e. The minimum absolute atomic E-state index is 0.0440. The summed E-state index contributed by atoms with van der Waals surface area (Å²) in [6.07, 6.45) is 4.82. The number of fused-ring (bicyclic) bond motifs is 4. The minimum atomic E-state index is -0.0440. The quantitative estimate of drug-likeness (QED) is 0.395. The molecule has 0 fully saturated rings. The highest BCUT2D eigenvalue weighted by molar-refractivity contribution is 6.04. The molecule has 0 bridgehead atoms. The summed E-state index contributed by atoms with van der Waals surface area (Å²) in [4.78, 5) is 27.8. The normalized spacial score (nSPS) is 11.6. The van der Waals surface area contributed by atoms with Gasteiger partial charge < -0.3 is 4.57 Å². The Morgan fingerprint density at radius 2 is 1.60 bits per heavy atom. The predicted octanol–water partition coefficient (Wildman–Crippen LogP) is 4.53. The molecule has 0 amide bonds. The summed E-state index contributed by atoms with van der Waals surface area (Å²) in [7, 11) is 0. The highest BCUT2D eigenvalue weighted by Crippen LogP contribution is 2.25. The van der Waals surface area contributed by atoms with Gasteiger partial charge in [0, 0.05) is 6.54 Å². The van der Waals surface area contributed by atoms with Crippen LogP contribution in [0.25, 0.3) is 33.2 Å². The van der Waals surface area contributed by atoms with Gasteiger partial charge in [0.2, 0.25) is 0 Å². The van der Waals surface area contributed by atoms with Crippen LogP contribution in [0.5, 0.6) is 0 Å². The van der Waals surface area contributed by atoms with Crippen LogP contribution in [0.4, 0.5) is 0 Å². The van der Waals surface area contributed by atoms with E-state index in [1.807, 2.05) is 47.0 Å². The fraction of sp³-hybridized carbons (Fsp3) is 0.250. The Hall–Kier alpha value is -3.54. The molecule has 30 heavy (non-hydrogen) atoms. The van der Waals surface area contributed by atoms with Crippen LogP contribution in [-0.4, -0.2) is 24.1 Å². The standard InChI is InChI=1S/C24H23N5O/c1-2-3-9-14-28-16-25-22-20(24(28)30)21-23(27-19-13-8-7-12-18(19)26-21)29(22)15-17-10-5-4-6-11-17/h4-8,10-13,16H,2-3,9,14-15H2,1H3. The van der Waals surface area contributed by atoms with Gasteiger partial charge in [-0.15, -0.1) is 0 Å². The number of aryl methyl sites for hydroxylation is 1. The molecule has 6 heteroatoms. The summed E-state index contributed by atoms with van der Waals surface area (Å²) < 4.78 is 3.72. The van der Waals surface area contributed by atoms with Crippen molar-refractivity contribution in [2.24, 2.45) is 0 Å². The van der Waals surface area contributed by atoms with Gasteiger partial charge >= 0.3 is 0 Å². The fourth-order valence-corrected chi connectivity index (χ4v) is 3.95. The third-order valence-electron chi connectivity index (χ3n) is 5.50. The van der Waals surface area contributed by atoms with Gasteiger partial charge in [-0.25, -0.2) is 15.0 Å². The van der Waals surface area contributed by atoms with Crippen molar-refractivity contribution in [3.8, 4) is 0 Å². The number of aromatic nitrogens is 5. The van der Waals surface area contributed by atoms with Crippen LogP contribution in [0.1, 0.15) is 31.7 Å². The number of para-hydroxylation sites is 2. The van der Waals surface area contributed by atoms with Crippen LogP contribution < -0.4 is 5.56 Å². The van der Waals surface area contributed by atoms with Gasteiger partial charge in [-0.3, -0.25) is 9.36 Å². The van der Waals surface area contributed by atoms with Crippen LogP contribution in [0.15, 0.2) is 65.7 Å². The maximum atomic E-state index is 13.4. The van der Waals surface area contributed by atoms with Gasteiger partial charge in [0.1, 0.15) is 10.9 Å². The molecule has 0 atom stereocenters. The van der Waals surface area contributed by atoms with E-state index >= 15 is 0 Å². The van der Waals surface area contributed by atoms with E-state index in [4.69, 9.17) is 15.0 Å². The van der Waals surface area contributed by atoms with E-state index in [-0.39, 0.29) is 5.56 Å². The molecule has 150 valence electrons. The Bertz CT molecular complexity index is 1400. The summed E-state index contributed by atoms with van der Waals surface area (Å²) >= 11 is 0. The second-order valence-corrected chi connectivity index (χ2v) is 7.61. The molecule has 0 saturated carbocycles. The van der Waals surface area contributed by atoms with Crippen molar-refractivity contribution in [2.45, 2.75) is 39.3 Å². The maximum absolute atomic E-state index is 13.4.